The monoisotopic (exact) mass is 621 g/mol. The van der Waals surface area contributed by atoms with Gasteiger partial charge in [0.25, 0.3) is 0 Å². The number of hydrogen-bond acceptors (Lipinski definition) is 9. The van der Waals surface area contributed by atoms with E-state index in [-0.39, 0.29) is 41.8 Å². The van der Waals surface area contributed by atoms with E-state index in [0.717, 1.165) is 53.9 Å². The molecule has 0 spiro atoms. The molecule has 4 rings (SSSR count). The van der Waals surface area contributed by atoms with Gasteiger partial charge in [0.05, 0.1) is 15.7 Å². The maximum atomic E-state index is 12.9. The highest BCUT2D eigenvalue weighted by Gasteiger charge is 2.41. The number of carbonyl (C=O) groups excluding carboxylic acids is 2. The van der Waals surface area contributed by atoms with Gasteiger partial charge in [0.15, 0.2) is 9.84 Å². The molecular weight excluding hydrogens is 586 g/mol. The molecule has 0 bridgehead atoms. The zero-order valence-corrected chi connectivity index (χ0v) is 24.8. The van der Waals surface area contributed by atoms with E-state index in [0.29, 0.717) is 12.8 Å². The Labute approximate surface area is 245 Å². The normalized spacial score (nSPS) is 16.4. The molecule has 2 aliphatic rings. The number of aryl methyl sites for hydroxylation is 2. The van der Waals surface area contributed by atoms with Crippen LogP contribution in [0.3, 0.4) is 0 Å². The van der Waals surface area contributed by atoms with Crippen LogP contribution in [0, 0.1) is 5.92 Å². The van der Waals surface area contributed by atoms with Crippen LogP contribution in [0.5, 0.6) is 0 Å². The molecule has 2 aliphatic heterocycles. The summed E-state index contributed by atoms with van der Waals surface area (Å²) >= 11 is 0. The van der Waals surface area contributed by atoms with Gasteiger partial charge in [-0.1, -0.05) is 12.1 Å². The third kappa shape index (κ3) is 7.83. The lowest BCUT2D eigenvalue weighted by Gasteiger charge is -2.37. The lowest BCUT2D eigenvalue weighted by Crippen LogP contribution is -2.58. The fourth-order valence-corrected chi connectivity index (χ4v) is 7.03. The Balaban J connectivity index is 1.19. The zero-order chi connectivity index (χ0) is 30.5. The van der Waals surface area contributed by atoms with Crippen molar-refractivity contribution < 1.29 is 36.3 Å². The van der Waals surface area contributed by atoms with E-state index in [9.17, 15) is 36.3 Å². The van der Waals surface area contributed by atoms with Gasteiger partial charge in [-0.25, -0.2) is 26.6 Å². The molecule has 1 unspecified atom stereocenters. The Bertz CT molecular complexity index is 1560. The Morgan fingerprint density at radius 2 is 1.83 bits per heavy atom. The van der Waals surface area contributed by atoms with Gasteiger partial charge in [0.1, 0.15) is 11.9 Å². The zero-order valence-electron chi connectivity index (χ0n) is 23.2. The van der Waals surface area contributed by atoms with Crippen molar-refractivity contribution in [3.63, 3.8) is 0 Å². The molecule has 1 aromatic carbocycles. The van der Waals surface area contributed by atoms with Crippen molar-refractivity contribution in [3.8, 4) is 0 Å². The van der Waals surface area contributed by atoms with Crippen LogP contribution in [0.4, 0.5) is 5.82 Å². The molecule has 1 atom stereocenters. The summed E-state index contributed by atoms with van der Waals surface area (Å²) in [5.41, 5.74) is 2.16. The van der Waals surface area contributed by atoms with Crippen LogP contribution in [0.15, 0.2) is 46.2 Å². The van der Waals surface area contributed by atoms with Crippen molar-refractivity contribution in [2.75, 3.05) is 37.8 Å². The number of unbranched alkanes of at least 4 members (excludes halogenated alkanes) is 1. The number of aliphatic carboxylic acids is 1. The van der Waals surface area contributed by atoms with E-state index in [1.165, 1.54) is 23.8 Å². The molecule has 0 saturated carbocycles. The molecule has 3 heterocycles. The number of hydrogen-bond donors (Lipinski definition) is 4. The third-order valence-corrected chi connectivity index (χ3v) is 10.2. The number of aromatic nitrogens is 1. The average molecular weight is 622 g/mol. The second-order valence-corrected chi connectivity index (χ2v) is 14.5. The van der Waals surface area contributed by atoms with Crippen LogP contribution in [-0.4, -0.2) is 87.5 Å². The molecule has 1 fully saturated rings. The van der Waals surface area contributed by atoms with E-state index < -0.39 is 43.7 Å². The molecule has 4 N–H and O–H groups in total. The molecule has 228 valence electrons. The summed E-state index contributed by atoms with van der Waals surface area (Å²) in [5.74, 6) is -2.19. The predicted molar refractivity (Wildman–Crippen MR) is 153 cm³/mol. The van der Waals surface area contributed by atoms with Gasteiger partial charge in [0.2, 0.25) is 21.8 Å². The number of nitrogens with zero attached hydrogens (tertiary/aromatic N) is 2. The number of carboxylic acids is 1. The Morgan fingerprint density at radius 3 is 2.55 bits per heavy atom. The van der Waals surface area contributed by atoms with Crippen LogP contribution in [0.1, 0.15) is 36.9 Å². The van der Waals surface area contributed by atoms with Crippen molar-refractivity contribution in [2.45, 2.75) is 54.4 Å². The first-order valence-electron chi connectivity index (χ1n) is 13.7. The van der Waals surface area contributed by atoms with Gasteiger partial charge in [-0.3, -0.25) is 9.59 Å². The molecule has 15 heteroatoms. The Morgan fingerprint density at radius 1 is 1.10 bits per heavy atom. The number of pyridine rings is 1. The lowest BCUT2D eigenvalue weighted by atomic mass is 10.0. The molecule has 1 saturated heterocycles. The van der Waals surface area contributed by atoms with Crippen LogP contribution in [0.2, 0.25) is 0 Å². The largest absolute Gasteiger partial charge is 0.480 e. The first-order valence-corrected chi connectivity index (χ1v) is 17.0. The quantitative estimate of drug-likeness (QED) is 0.230. The van der Waals surface area contributed by atoms with Crippen molar-refractivity contribution >= 4 is 43.5 Å². The number of fused-ring (bicyclic) bond motifs is 1. The maximum Gasteiger partial charge on any atom is 0.328 e. The molecule has 42 heavy (non-hydrogen) atoms. The van der Waals surface area contributed by atoms with Gasteiger partial charge in [-0.15, -0.1) is 0 Å². The molecule has 0 aliphatic carbocycles. The summed E-state index contributed by atoms with van der Waals surface area (Å²) in [5, 5.41) is 17.7. The minimum atomic E-state index is -4.04. The van der Waals surface area contributed by atoms with Gasteiger partial charge in [0, 0.05) is 44.5 Å². The second kappa shape index (κ2) is 13.2. The lowest BCUT2D eigenvalue weighted by molar-refractivity contribution is -0.143. The van der Waals surface area contributed by atoms with Crippen molar-refractivity contribution in [2.24, 2.45) is 5.92 Å². The summed E-state index contributed by atoms with van der Waals surface area (Å²) < 4.78 is 50.3. The Hall–Kier alpha value is -3.56. The third-order valence-electron chi connectivity index (χ3n) is 7.25. The molecule has 2 amide bonds. The highest BCUT2D eigenvalue weighted by atomic mass is 32.2. The minimum absolute atomic E-state index is 0.145. The smallest absolute Gasteiger partial charge is 0.328 e. The van der Waals surface area contributed by atoms with Gasteiger partial charge in [-0.05, 0) is 61.9 Å². The first-order chi connectivity index (χ1) is 19.8. The topological polar surface area (TPSA) is 192 Å². The fourth-order valence-electron chi connectivity index (χ4n) is 4.71. The highest BCUT2D eigenvalue weighted by Crippen LogP contribution is 2.27. The van der Waals surface area contributed by atoms with Crippen molar-refractivity contribution in [1.82, 2.24) is 19.9 Å². The number of carboxylic acid groups (broad SMARTS) is 1. The van der Waals surface area contributed by atoms with Crippen LogP contribution < -0.4 is 16.0 Å². The number of nitrogens with one attached hydrogen (secondary N) is 3. The summed E-state index contributed by atoms with van der Waals surface area (Å²) in [7, 11) is -7.66. The second-order valence-electron chi connectivity index (χ2n) is 10.5. The minimum Gasteiger partial charge on any atom is -0.480 e. The summed E-state index contributed by atoms with van der Waals surface area (Å²) in [4.78, 5) is 40.9. The fraction of sp³-hybridized carbons (Fsp3) is 0.481. The van der Waals surface area contributed by atoms with Crippen LogP contribution in [0.25, 0.3) is 0 Å². The van der Waals surface area contributed by atoms with E-state index in [1.54, 1.807) is 0 Å². The number of sulfonamides is 1. The van der Waals surface area contributed by atoms with Gasteiger partial charge in [-0.2, -0.15) is 4.31 Å². The predicted octanol–water partition coefficient (Wildman–Crippen LogP) is 0.562. The molecule has 0 radical (unpaired) electrons. The van der Waals surface area contributed by atoms with Crippen LogP contribution >= 0.6 is 0 Å². The summed E-state index contributed by atoms with van der Waals surface area (Å²) in [6.07, 6.45) is 5.30. The number of rotatable bonds is 13. The number of amides is 2. The van der Waals surface area contributed by atoms with Gasteiger partial charge >= 0.3 is 5.97 Å². The highest BCUT2D eigenvalue weighted by molar-refractivity contribution is 7.91. The average Bonchev–Trinajstić information content (AvgIpc) is 2.91. The molecule has 2 aromatic rings. The molecule has 1 aromatic heterocycles. The SMILES string of the molecule is CS(=O)(=O)c1cccc(S(=O)(=O)N2CC(C(=O)NC(CNC(=O)CCCCc3ccc4c(n3)NCCC4)C(=O)O)C2)c1. The molecule has 13 nitrogen and oxygen atoms in total. The molecular formula is C27H35N5O8S2. The number of carbonyl (C=O) groups is 3. The standard InChI is InChI=1S/C27H35N5O8S2/c1-41(37,38)21-8-4-9-22(14-21)42(39,40)32-16-19(17-32)26(34)31-23(27(35)36)15-29-24(33)10-3-2-7-20-12-11-18-6-5-13-28-25(18)30-20/h4,8-9,11-12,14,19,23H,2-3,5-7,10,13,15-17H2,1H3,(H,28,30)(H,29,33)(H,31,34)(H,35,36). The van der Waals surface area contributed by atoms with Crippen molar-refractivity contribution in [1.29, 1.82) is 0 Å². The van der Waals surface area contributed by atoms with E-state index >= 15 is 0 Å². The van der Waals surface area contributed by atoms with Gasteiger partial charge < -0.3 is 21.1 Å². The summed E-state index contributed by atoms with van der Waals surface area (Å²) in [6.45, 7) is 0.216. The first kappa shape index (κ1) is 31.4. The van der Waals surface area contributed by atoms with E-state index in [2.05, 4.69) is 27.0 Å². The number of benzene rings is 1. The Kier molecular flexibility index (Phi) is 9.84. The number of anilines is 1. The van der Waals surface area contributed by atoms with E-state index in [4.69, 9.17) is 0 Å². The van der Waals surface area contributed by atoms with Crippen LogP contribution in [-0.2, 0) is 47.1 Å². The maximum absolute atomic E-state index is 12.9. The summed E-state index contributed by atoms with van der Waals surface area (Å²) in [6, 6.07) is 7.63. The number of sulfone groups is 1. The van der Waals surface area contributed by atoms with Crippen molar-refractivity contribution in [3.05, 3.63) is 47.7 Å². The van der Waals surface area contributed by atoms with E-state index in [1.807, 2.05) is 6.07 Å².